The average molecular weight is 381 g/mol. The molecule has 1 amide bonds. The number of carbonyl (C=O) groups excluding carboxylic acids is 3. The van der Waals surface area contributed by atoms with Gasteiger partial charge in [0.25, 0.3) is 11.6 Å². The predicted molar refractivity (Wildman–Crippen MR) is 97.6 cm³/mol. The highest BCUT2D eigenvalue weighted by atomic mass is 16.6. The number of nitriles is 1. The largest absolute Gasteiger partial charge is 0.465 e. The smallest absolute Gasteiger partial charge is 0.331 e. The van der Waals surface area contributed by atoms with Crippen LogP contribution in [0, 0.1) is 27.4 Å². The normalized spacial score (nSPS) is 11.0. The van der Waals surface area contributed by atoms with Gasteiger partial charge in [-0.25, -0.2) is 0 Å². The van der Waals surface area contributed by atoms with Crippen molar-refractivity contribution in [2.45, 2.75) is 6.92 Å². The Morgan fingerprint density at radius 3 is 2.43 bits per heavy atom. The Balaban J connectivity index is 2.12. The number of carbonyl (C=O) groups is 3. The molecule has 0 aromatic heterocycles. The van der Waals surface area contributed by atoms with E-state index in [0.717, 1.165) is 6.07 Å². The molecule has 0 heterocycles. The second-order valence-corrected chi connectivity index (χ2v) is 5.52. The van der Waals surface area contributed by atoms with E-state index < -0.39 is 28.5 Å². The van der Waals surface area contributed by atoms with Crippen LogP contribution in [0.4, 0.5) is 11.4 Å². The van der Waals surface area contributed by atoms with Gasteiger partial charge < -0.3 is 10.1 Å². The lowest BCUT2D eigenvalue weighted by Crippen LogP contribution is -2.25. The topological polar surface area (TPSA) is 139 Å². The van der Waals surface area contributed by atoms with E-state index >= 15 is 0 Å². The van der Waals surface area contributed by atoms with Crippen LogP contribution in [0.5, 0.6) is 0 Å². The van der Waals surface area contributed by atoms with Gasteiger partial charge in [-0.3, -0.25) is 24.5 Å². The van der Waals surface area contributed by atoms with Gasteiger partial charge in [0.05, 0.1) is 17.6 Å². The number of nitrogens with one attached hydrogen (secondary N) is 1. The standard InChI is InChI=1S/C19H15N3O6/c1-2-28-19(25)16(11-20)17(23)12-6-8-14(9-7-12)21-18(24)13-4-3-5-15(10-13)22(26)27/h3-10,16H,2H2,1H3,(H,21,24)/t16-/m0/s1. The molecule has 9 nitrogen and oxygen atoms in total. The fourth-order valence-electron chi connectivity index (χ4n) is 2.29. The van der Waals surface area contributed by atoms with Gasteiger partial charge in [0.1, 0.15) is 0 Å². The van der Waals surface area contributed by atoms with E-state index in [1.807, 2.05) is 0 Å². The Labute approximate surface area is 159 Å². The molecule has 1 N–H and O–H groups in total. The van der Waals surface area contributed by atoms with E-state index in [0.29, 0.717) is 5.69 Å². The number of nitrogens with zero attached hydrogens (tertiary/aromatic N) is 2. The second kappa shape index (κ2) is 9.05. The number of hydrogen-bond acceptors (Lipinski definition) is 7. The number of amides is 1. The Bertz CT molecular complexity index is 962. The summed E-state index contributed by atoms with van der Waals surface area (Å²) in [6.45, 7) is 1.61. The van der Waals surface area contributed by atoms with Crippen LogP contribution in [0.15, 0.2) is 48.5 Å². The molecule has 0 fully saturated rings. The van der Waals surface area contributed by atoms with Gasteiger partial charge in [-0.2, -0.15) is 5.26 Å². The van der Waals surface area contributed by atoms with Gasteiger partial charge >= 0.3 is 5.97 Å². The molecule has 0 spiro atoms. The minimum atomic E-state index is -1.56. The highest BCUT2D eigenvalue weighted by Crippen LogP contribution is 2.17. The lowest BCUT2D eigenvalue weighted by molar-refractivity contribution is -0.384. The summed E-state index contributed by atoms with van der Waals surface area (Å²) >= 11 is 0. The molecule has 142 valence electrons. The summed E-state index contributed by atoms with van der Waals surface area (Å²) in [5.41, 5.74) is 0.321. The first-order chi connectivity index (χ1) is 13.4. The number of nitro benzene ring substituents is 1. The molecule has 2 aromatic carbocycles. The first kappa shape index (κ1) is 20.3. The van der Waals surface area contributed by atoms with Crippen LogP contribution < -0.4 is 5.32 Å². The number of nitro groups is 1. The van der Waals surface area contributed by atoms with Gasteiger partial charge in [-0.05, 0) is 37.3 Å². The van der Waals surface area contributed by atoms with Crippen LogP contribution >= 0.6 is 0 Å². The van der Waals surface area contributed by atoms with Crippen LogP contribution in [0.1, 0.15) is 27.6 Å². The average Bonchev–Trinajstić information content (AvgIpc) is 2.69. The van der Waals surface area contributed by atoms with E-state index in [1.165, 1.54) is 42.5 Å². The molecule has 0 unspecified atom stereocenters. The van der Waals surface area contributed by atoms with Crippen molar-refractivity contribution in [3.63, 3.8) is 0 Å². The Kier molecular flexibility index (Phi) is 6.54. The second-order valence-electron chi connectivity index (χ2n) is 5.52. The van der Waals surface area contributed by atoms with Crippen molar-refractivity contribution in [2.24, 2.45) is 5.92 Å². The number of rotatable bonds is 7. The van der Waals surface area contributed by atoms with Crippen LogP contribution in [-0.2, 0) is 9.53 Å². The SMILES string of the molecule is CCOC(=O)[C@@H](C#N)C(=O)c1ccc(NC(=O)c2cccc([N+](=O)[O-])c2)cc1. The molecule has 0 saturated heterocycles. The third-order valence-corrected chi connectivity index (χ3v) is 3.66. The molecule has 0 radical (unpaired) electrons. The van der Waals surface area contributed by atoms with Crippen molar-refractivity contribution in [3.05, 3.63) is 69.8 Å². The zero-order valence-corrected chi connectivity index (χ0v) is 14.7. The Morgan fingerprint density at radius 2 is 1.86 bits per heavy atom. The van der Waals surface area contributed by atoms with Crippen LogP contribution in [0.25, 0.3) is 0 Å². The van der Waals surface area contributed by atoms with Gasteiger partial charge in [0.15, 0.2) is 5.78 Å². The van der Waals surface area contributed by atoms with E-state index in [4.69, 9.17) is 10.00 Å². The molecule has 0 aliphatic carbocycles. The van der Waals surface area contributed by atoms with Crippen LogP contribution in [-0.4, -0.2) is 29.2 Å². The lowest BCUT2D eigenvalue weighted by Gasteiger charge is -2.09. The maximum absolute atomic E-state index is 12.3. The van der Waals surface area contributed by atoms with Crippen LogP contribution in [0.2, 0.25) is 0 Å². The first-order valence-corrected chi connectivity index (χ1v) is 8.13. The summed E-state index contributed by atoms with van der Waals surface area (Å²) in [5, 5.41) is 22.4. The molecule has 0 aliphatic heterocycles. The number of anilines is 1. The molecular formula is C19H15N3O6. The number of benzene rings is 2. The number of ketones is 1. The van der Waals surface area contributed by atoms with Gasteiger partial charge in [0, 0.05) is 28.9 Å². The summed E-state index contributed by atoms with van der Waals surface area (Å²) in [7, 11) is 0. The zero-order chi connectivity index (χ0) is 20.7. The third kappa shape index (κ3) is 4.76. The maximum atomic E-state index is 12.3. The Morgan fingerprint density at radius 1 is 1.18 bits per heavy atom. The van der Waals surface area contributed by atoms with Gasteiger partial charge in [-0.1, -0.05) is 6.07 Å². The quantitative estimate of drug-likeness (QED) is 0.256. The van der Waals surface area contributed by atoms with Gasteiger partial charge in [-0.15, -0.1) is 0 Å². The fourth-order valence-corrected chi connectivity index (χ4v) is 2.29. The van der Waals surface area contributed by atoms with Crippen molar-refractivity contribution < 1.29 is 24.0 Å². The van der Waals surface area contributed by atoms with Crippen LogP contribution in [0.3, 0.4) is 0 Å². The molecule has 2 aromatic rings. The molecule has 9 heteroatoms. The van der Waals surface area contributed by atoms with Crippen molar-refractivity contribution in [1.82, 2.24) is 0 Å². The maximum Gasteiger partial charge on any atom is 0.331 e. The van der Waals surface area contributed by atoms with Gasteiger partial charge in [0.2, 0.25) is 5.92 Å². The number of Topliss-reactive ketones (excluding diaryl/α,β-unsaturated/α-hetero) is 1. The molecular weight excluding hydrogens is 366 g/mol. The summed E-state index contributed by atoms with van der Waals surface area (Å²) in [6.07, 6.45) is 0. The highest BCUT2D eigenvalue weighted by molar-refractivity contribution is 6.11. The molecule has 0 bridgehead atoms. The molecule has 1 atom stereocenters. The summed E-state index contributed by atoms with van der Waals surface area (Å²) in [5.74, 6) is -3.76. The lowest BCUT2D eigenvalue weighted by atomic mass is 9.99. The molecule has 2 rings (SSSR count). The fraction of sp³-hybridized carbons (Fsp3) is 0.158. The van der Waals surface area contributed by atoms with Crippen molar-refractivity contribution in [3.8, 4) is 6.07 Å². The summed E-state index contributed by atoms with van der Waals surface area (Å²) < 4.78 is 4.70. The molecule has 0 saturated carbocycles. The van der Waals surface area contributed by atoms with E-state index in [9.17, 15) is 24.5 Å². The van der Waals surface area contributed by atoms with E-state index in [1.54, 1.807) is 13.0 Å². The van der Waals surface area contributed by atoms with E-state index in [2.05, 4.69) is 5.32 Å². The number of ether oxygens (including phenoxy) is 1. The minimum Gasteiger partial charge on any atom is -0.465 e. The van der Waals surface area contributed by atoms with Crippen molar-refractivity contribution in [1.29, 1.82) is 5.26 Å². The first-order valence-electron chi connectivity index (χ1n) is 8.13. The highest BCUT2D eigenvalue weighted by Gasteiger charge is 2.28. The Hall–Kier alpha value is -4.06. The number of non-ortho nitro benzene ring substituents is 1. The number of hydrogen-bond donors (Lipinski definition) is 1. The summed E-state index contributed by atoms with van der Waals surface area (Å²) in [6, 6.07) is 12.4. The predicted octanol–water partition coefficient (Wildman–Crippen LogP) is 2.73. The molecule has 0 aliphatic rings. The summed E-state index contributed by atoms with van der Waals surface area (Å²) in [4.78, 5) is 46.3. The number of esters is 1. The van der Waals surface area contributed by atoms with Crippen molar-refractivity contribution in [2.75, 3.05) is 11.9 Å². The molecule has 28 heavy (non-hydrogen) atoms. The van der Waals surface area contributed by atoms with E-state index in [-0.39, 0.29) is 23.4 Å². The zero-order valence-electron chi connectivity index (χ0n) is 14.7. The minimum absolute atomic E-state index is 0.0485. The van der Waals surface area contributed by atoms with Crippen molar-refractivity contribution >= 4 is 29.0 Å². The third-order valence-electron chi connectivity index (χ3n) is 3.66. The monoisotopic (exact) mass is 381 g/mol.